The molecule has 0 aliphatic heterocycles. The third kappa shape index (κ3) is 2.78. The molecule has 1 amide bonds. The highest BCUT2D eigenvalue weighted by Gasteiger charge is 2.51. The number of amides is 1. The Morgan fingerprint density at radius 2 is 1.79 bits per heavy atom. The van der Waals surface area contributed by atoms with Crippen LogP contribution in [0.5, 0.6) is 0 Å². The first kappa shape index (κ1) is 13.1. The molecule has 0 heterocycles. The molecule has 0 fully saturated rings. The van der Waals surface area contributed by atoms with Gasteiger partial charge in [0.2, 0.25) is 0 Å². The zero-order chi connectivity index (χ0) is 11.6. The van der Waals surface area contributed by atoms with Crippen molar-refractivity contribution in [3.8, 4) is 0 Å². The lowest BCUT2D eigenvalue weighted by Gasteiger charge is -2.33. The number of hydrogen-bond donors (Lipinski definition) is 1. The van der Waals surface area contributed by atoms with Crippen molar-refractivity contribution < 1.29 is 22.7 Å². The second-order valence-corrected chi connectivity index (χ2v) is 3.58. The summed E-state index contributed by atoms with van der Waals surface area (Å²) in [5.74, 6) is 0. The fraction of sp³-hybridized carbons (Fsp3) is 0.875. The molecule has 0 aliphatic rings. The van der Waals surface area contributed by atoms with Crippen molar-refractivity contribution in [2.24, 2.45) is 5.41 Å². The van der Waals surface area contributed by atoms with Gasteiger partial charge in [-0.3, -0.25) is 0 Å². The molecule has 0 aromatic rings. The number of hydrogen-bond acceptors (Lipinski definition) is 2. The molecule has 0 saturated heterocycles. The van der Waals surface area contributed by atoms with E-state index >= 15 is 0 Å². The summed E-state index contributed by atoms with van der Waals surface area (Å²) in [6.07, 6.45) is -5.23. The fourth-order valence-electron chi connectivity index (χ4n) is 0.662. The van der Waals surface area contributed by atoms with E-state index < -0.39 is 23.7 Å². The van der Waals surface area contributed by atoms with Crippen molar-refractivity contribution in [3.05, 3.63) is 0 Å². The first-order valence-electron chi connectivity index (χ1n) is 4.04. The Morgan fingerprint density at radius 1 is 1.36 bits per heavy atom. The summed E-state index contributed by atoms with van der Waals surface area (Å²) in [6.45, 7) is 3.33. The summed E-state index contributed by atoms with van der Waals surface area (Å²) in [5.41, 5.74) is -1.98. The molecule has 6 heteroatoms. The number of halogens is 3. The summed E-state index contributed by atoms with van der Waals surface area (Å²) < 4.78 is 41.5. The van der Waals surface area contributed by atoms with Crippen LogP contribution in [0.2, 0.25) is 0 Å². The number of nitrogens with one attached hydrogen (secondary N) is 1. The summed E-state index contributed by atoms with van der Waals surface area (Å²) in [7, 11) is 1.10. The quantitative estimate of drug-likeness (QED) is 0.764. The first-order valence-corrected chi connectivity index (χ1v) is 4.04. The molecule has 0 spiro atoms. The molecule has 0 saturated carbocycles. The van der Waals surface area contributed by atoms with E-state index in [-0.39, 0.29) is 0 Å². The molecule has 0 radical (unpaired) electrons. The monoisotopic (exact) mass is 213 g/mol. The molecule has 0 bridgehead atoms. The van der Waals surface area contributed by atoms with Crippen LogP contribution in [-0.2, 0) is 4.74 Å². The number of carbonyl (C=O) groups is 1. The molecular formula is C8H14F3NO2. The highest BCUT2D eigenvalue weighted by Crippen LogP contribution is 2.40. The number of rotatable bonds is 2. The van der Waals surface area contributed by atoms with E-state index in [9.17, 15) is 18.0 Å². The molecule has 1 unspecified atom stereocenters. The molecule has 3 nitrogen and oxygen atoms in total. The van der Waals surface area contributed by atoms with Crippen molar-refractivity contribution in [1.29, 1.82) is 0 Å². The van der Waals surface area contributed by atoms with Gasteiger partial charge in [-0.2, -0.15) is 13.2 Å². The summed E-state index contributed by atoms with van der Waals surface area (Å²) in [5, 5.41) is 2.10. The molecule has 1 atom stereocenters. The smallest absolute Gasteiger partial charge is 0.407 e. The molecule has 0 aliphatic carbocycles. The molecule has 14 heavy (non-hydrogen) atoms. The minimum atomic E-state index is -4.37. The summed E-state index contributed by atoms with van der Waals surface area (Å²) in [4.78, 5) is 10.7. The number of ether oxygens (including phenoxy) is 1. The molecule has 1 N–H and O–H groups in total. The SMILES string of the molecule is COC(=O)NC(C)C(C)(C)C(F)(F)F. The van der Waals surface area contributed by atoms with E-state index in [1.165, 1.54) is 6.92 Å². The minimum Gasteiger partial charge on any atom is -0.453 e. The molecule has 84 valence electrons. The van der Waals surface area contributed by atoms with Crippen LogP contribution in [0.3, 0.4) is 0 Å². The first-order chi connectivity index (χ1) is 6.13. The van der Waals surface area contributed by atoms with E-state index in [0.29, 0.717) is 0 Å². The van der Waals surface area contributed by atoms with Crippen molar-refractivity contribution >= 4 is 6.09 Å². The van der Waals surface area contributed by atoms with E-state index in [1.54, 1.807) is 0 Å². The van der Waals surface area contributed by atoms with Gasteiger partial charge in [-0.25, -0.2) is 4.79 Å². The van der Waals surface area contributed by atoms with Crippen LogP contribution in [0.25, 0.3) is 0 Å². The van der Waals surface area contributed by atoms with Crippen LogP contribution >= 0.6 is 0 Å². The molecule has 0 aromatic heterocycles. The van der Waals surface area contributed by atoms with Crippen LogP contribution in [0, 0.1) is 5.41 Å². The van der Waals surface area contributed by atoms with Gasteiger partial charge in [-0.15, -0.1) is 0 Å². The Balaban J connectivity index is 4.51. The maximum atomic E-state index is 12.4. The van der Waals surface area contributed by atoms with Crippen molar-refractivity contribution in [2.45, 2.75) is 33.0 Å². The van der Waals surface area contributed by atoms with Gasteiger partial charge in [-0.1, -0.05) is 0 Å². The highest BCUT2D eigenvalue weighted by atomic mass is 19.4. The third-order valence-corrected chi connectivity index (χ3v) is 2.33. The Labute approximate surface area is 80.6 Å². The maximum Gasteiger partial charge on any atom is 0.407 e. The van der Waals surface area contributed by atoms with Crippen molar-refractivity contribution in [3.63, 3.8) is 0 Å². The van der Waals surface area contributed by atoms with Crippen LogP contribution < -0.4 is 5.32 Å². The van der Waals surface area contributed by atoms with E-state index in [4.69, 9.17) is 0 Å². The van der Waals surface area contributed by atoms with Gasteiger partial charge >= 0.3 is 12.3 Å². The zero-order valence-corrected chi connectivity index (χ0v) is 8.53. The topological polar surface area (TPSA) is 38.3 Å². The average molecular weight is 213 g/mol. The van der Waals surface area contributed by atoms with Crippen LogP contribution in [0.15, 0.2) is 0 Å². The van der Waals surface area contributed by atoms with Gasteiger partial charge in [0.25, 0.3) is 0 Å². The Bertz CT molecular complexity index is 213. The molecular weight excluding hydrogens is 199 g/mol. The molecule has 0 rings (SSSR count). The Hall–Kier alpha value is -0.940. The lowest BCUT2D eigenvalue weighted by atomic mass is 9.85. The summed E-state index contributed by atoms with van der Waals surface area (Å²) >= 11 is 0. The predicted octanol–water partition coefficient (Wildman–Crippen LogP) is 2.32. The van der Waals surface area contributed by atoms with Gasteiger partial charge in [-0.05, 0) is 20.8 Å². The van der Waals surface area contributed by atoms with Gasteiger partial charge in [0.15, 0.2) is 0 Å². The second kappa shape index (κ2) is 4.06. The predicted molar refractivity (Wildman–Crippen MR) is 44.8 cm³/mol. The van der Waals surface area contributed by atoms with Gasteiger partial charge in [0.1, 0.15) is 0 Å². The maximum absolute atomic E-state index is 12.4. The van der Waals surface area contributed by atoms with Gasteiger partial charge in [0.05, 0.1) is 12.5 Å². The third-order valence-electron chi connectivity index (χ3n) is 2.33. The lowest BCUT2D eigenvalue weighted by Crippen LogP contribution is -2.50. The number of alkyl carbamates (subject to hydrolysis) is 1. The van der Waals surface area contributed by atoms with E-state index in [2.05, 4.69) is 10.1 Å². The van der Waals surface area contributed by atoms with E-state index in [0.717, 1.165) is 21.0 Å². The van der Waals surface area contributed by atoms with Crippen molar-refractivity contribution in [1.82, 2.24) is 5.32 Å². The Morgan fingerprint density at radius 3 is 2.07 bits per heavy atom. The standard InChI is InChI=1S/C8H14F3NO2/c1-5(12-6(13)14-4)7(2,3)8(9,10)11/h5H,1-4H3,(H,12,13). The number of alkyl halides is 3. The largest absolute Gasteiger partial charge is 0.453 e. The Kier molecular flexibility index (Phi) is 3.79. The summed E-state index contributed by atoms with van der Waals surface area (Å²) in [6, 6.07) is -1.05. The minimum absolute atomic E-state index is 0.866. The highest BCUT2D eigenvalue weighted by molar-refractivity contribution is 5.67. The van der Waals surface area contributed by atoms with Crippen LogP contribution in [0.1, 0.15) is 20.8 Å². The fourth-order valence-corrected chi connectivity index (χ4v) is 0.662. The lowest BCUT2D eigenvalue weighted by molar-refractivity contribution is -0.218. The van der Waals surface area contributed by atoms with Crippen molar-refractivity contribution in [2.75, 3.05) is 7.11 Å². The molecule has 0 aromatic carbocycles. The number of carbonyl (C=O) groups excluding carboxylic acids is 1. The average Bonchev–Trinajstić information content (AvgIpc) is 2.01. The van der Waals surface area contributed by atoms with Crippen LogP contribution in [-0.4, -0.2) is 25.4 Å². The van der Waals surface area contributed by atoms with Crippen LogP contribution in [0.4, 0.5) is 18.0 Å². The second-order valence-electron chi connectivity index (χ2n) is 3.58. The zero-order valence-electron chi connectivity index (χ0n) is 8.53. The normalized spacial score (nSPS) is 14.8. The van der Waals surface area contributed by atoms with Gasteiger partial charge in [0, 0.05) is 6.04 Å². The van der Waals surface area contributed by atoms with Gasteiger partial charge < -0.3 is 10.1 Å². The van der Waals surface area contributed by atoms with E-state index in [1.807, 2.05) is 0 Å². The number of methoxy groups -OCH3 is 1.